The van der Waals surface area contributed by atoms with Crippen molar-refractivity contribution in [1.29, 1.82) is 0 Å². The standard InChI is InChI=1S/C6H3F3INO/c7-3-1-2(5(8)9)4(12)6(10)11-3/h1,5,12H. The molecule has 0 aromatic carbocycles. The molecule has 0 amide bonds. The second kappa shape index (κ2) is 3.46. The van der Waals surface area contributed by atoms with Crippen molar-refractivity contribution in [1.82, 2.24) is 4.98 Å². The molecule has 1 aromatic heterocycles. The Labute approximate surface area is 79.6 Å². The van der Waals surface area contributed by atoms with Crippen LogP contribution in [0.15, 0.2) is 6.07 Å². The Hall–Kier alpha value is -0.530. The summed E-state index contributed by atoms with van der Waals surface area (Å²) >= 11 is 1.47. The molecule has 1 rings (SSSR count). The number of halogens is 4. The normalized spacial score (nSPS) is 10.8. The molecule has 0 saturated heterocycles. The third-order valence-corrected chi connectivity index (χ3v) is 1.94. The molecule has 12 heavy (non-hydrogen) atoms. The average Bonchev–Trinajstić information content (AvgIpc) is 1.96. The topological polar surface area (TPSA) is 33.1 Å². The predicted octanol–water partition coefficient (Wildman–Crippen LogP) is 2.47. The number of aromatic hydroxyl groups is 1. The summed E-state index contributed by atoms with van der Waals surface area (Å²) in [4.78, 5) is 3.15. The van der Waals surface area contributed by atoms with Gasteiger partial charge in [0.25, 0.3) is 6.43 Å². The zero-order chi connectivity index (χ0) is 9.30. The molecule has 66 valence electrons. The lowest BCUT2D eigenvalue weighted by Crippen LogP contribution is -1.94. The van der Waals surface area contributed by atoms with Crippen LogP contribution >= 0.6 is 22.6 Å². The first-order chi connectivity index (χ1) is 5.52. The first-order valence-electron chi connectivity index (χ1n) is 2.85. The lowest BCUT2D eigenvalue weighted by Gasteiger charge is -2.03. The first-order valence-corrected chi connectivity index (χ1v) is 3.93. The van der Waals surface area contributed by atoms with Gasteiger partial charge in [-0.3, -0.25) is 0 Å². The zero-order valence-corrected chi connectivity index (χ0v) is 7.72. The van der Waals surface area contributed by atoms with Crippen molar-refractivity contribution in [3.8, 4) is 5.75 Å². The summed E-state index contributed by atoms with van der Waals surface area (Å²) in [6.45, 7) is 0. The van der Waals surface area contributed by atoms with Gasteiger partial charge in [-0.05, 0) is 22.6 Å². The largest absolute Gasteiger partial charge is 0.505 e. The van der Waals surface area contributed by atoms with Crippen molar-refractivity contribution in [2.24, 2.45) is 0 Å². The van der Waals surface area contributed by atoms with Crippen molar-refractivity contribution in [3.63, 3.8) is 0 Å². The number of nitrogens with zero attached hydrogens (tertiary/aromatic N) is 1. The van der Waals surface area contributed by atoms with Gasteiger partial charge in [0.1, 0.15) is 3.70 Å². The van der Waals surface area contributed by atoms with Gasteiger partial charge in [0.15, 0.2) is 5.75 Å². The van der Waals surface area contributed by atoms with Crippen LogP contribution in [-0.4, -0.2) is 10.1 Å². The summed E-state index contributed by atoms with van der Waals surface area (Å²) in [5.74, 6) is -1.68. The summed E-state index contributed by atoms with van der Waals surface area (Å²) < 4.78 is 36.3. The Kier molecular flexibility index (Phi) is 2.76. The second-order valence-electron chi connectivity index (χ2n) is 1.97. The number of hydrogen-bond donors (Lipinski definition) is 1. The van der Waals surface area contributed by atoms with E-state index in [2.05, 4.69) is 4.98 Å². The van der Waals surface area contributed by atoms with Crippen molar-refractivity contribution in [3.05, 3.63) is 21.3 Å². The van der Waals surface area contributed by atoms with Crippen LogP contribution in [0.1, 0.15) is 12.0 Å². The molecule has 2 nitrogen and oxygen atoms in total. The van der Waals surface area contributed by atoms with Crippen LogP contribution in [0.5, 0.6) is 5.75 Å². The quantitative estimate of drug-likeness (QED) is 0.636. The lowest BCUT2D eigenvalue weighted by molar-refractivity contribution is 0.146. The SMILES string of the molecule is Oc1c(C(F)F)cc(F)nc1I. The Morgan fingerprint density at radius 3 is 2.58 bits per heavy atom. The molecule has 0 spiro atoms. The number of rotatable bonds is 1. The monoisotopic (exact) mass is 289 g/mol. The summed E-state index contributed by atoms with van der Waals surface area (Å²) in [6.07, 6.45) is -2.89. The van der Waals surface area contributed by atoms with Crippen LogP contribution in [0, 0.1) is 9.65 Å². The molecule has 0 radical (unpaired) electrons. The van der Waals surface area contributed by atoms with Crippen molar-refractivity contribution in [2.45, 2.75) is 6.43 Å². The van der Waals surface area contributed by atoms with E-state index >= 15 is 0 Å². The third-order valence-electron chi connectivity index (χ3n) is 1.18. The maximum absolute atomic E-state index is 12.4. The molecule has 0 atom stereocenters. The van der Waals surface area contributed by atoms with Crippen LogP contribution < -0.4 is 0 Å². The van der Waals surface area contributed by atoms with E-state index in [0.29, 0.717) is 6.07 Å². The van der Waals surface area contributed by atoms with Gasteiger partial charge >= 0.3 is 0 Å². The maximum Gasteiger partial charge on any atom is 0.267 e. The molecule has 0 unspecified atom stereocenters. The molecule has 1 aromatic rings. The zero-order valence-electron chi connectivity index (χ0n) is 5.56. The second-order valence-corrected chi connectivity index (χ2v) is 3.00. The fourth-order valence-electron chi connectivity index (χ4n) is 0.661. The van der Waals surface area contributed by atoms with Gasteiger partial charge in [0.05, 0.1) is 5.56 Å². The van der Waals surface area contributed by atoms with E-state index < -0.39 is 23.7 Å². The molecular formula is C6H3F3INO. The van der Waals surface area contributed by atoms with Gasteiger partial charge in [-0.25, -0.2) is 13.8 Å². The van der Waals surface area contributed by atoms with Gasteiger partial charge in [-0.15, -0.1) is 0 Å². The Morgan fingerprint density at radius 2 is 2.08 bits per heavy atom. The van der Waals surface area contributed by atoms with E-state index in [1.54, 1.807) is 0 Å². The highest BCUT2D eigenvalue weighted by molar-refractivity contribution is 14.1. The van der Waals surface area contributed by atoms with E-state index in [9.17, 15) is 13.2 Å². The Morgan fingerprint density at radius 1 is 1.50 bits per heavy atom. The third kappa shape index (κ3) is 1.79. The van der Waals surface area contributed by atoms with E-state index in [0.717, 1.165) is 0 Å². The molecule has 1 N–H and O–H groups in total. The highest BCUT2D eigenvalue weighted by atomic mass is 127. The van der Waals surface area contributed by atoms with E-state index in [-0.39, 0.29) is 3.70 Å². The smallest absolute Gasteiger partial charge is 0.267 e. The average molecular weight is 289 g/mol. The van der Waals surface area contributed by atoms with Crippen LogP contribution in [0.25, 0.3) is 0 Å². The van der Waals surface area contributed by atoms with Crippen molar-refractivity contribution in [2.75, 3.05) is 0 Å². The summed E-state index contributed by atoms with van der Waals surface area (Å²) in [6, 6.07) is 0.516. The van der Waals surface area contributed by atoms with Gasteiger partial charge in [-0.2, -0.15) is 4.39 Å². The van der Waals surface area contributed by atoms with Gasteiger partial charge in [-0.1, -0.05) is 0 Å². The van der Waals surface area contributed by atoms with Gasteiger partial charge in [0, 0.05) is 6.07 Å². The van der Waals surface area contributed by atoms with Gasteiger partial charge in [0.2, 0.25) is 5.95 Å². The van der Waals surface area contributed by atoms with Crippen LogP contribution in [0.4, 0.5) is 13.2 Å². The minimum Gasteiger partial charge on any atom is -0.505 e. The molecule has 0 aliphatic heterocycles. The van der Waals surface area contributed by atoms with E-state index in [1.165, 1.54) is 22.6 Å². The van der Waals surface area contributed by atoms with Crippen LogP contribution in [0.2, 0.25) is 0 Å². The minimum absolute atomic E-state index is 0.164. The predicted molar refractivity (Wildman–Crippen MR) is 43.5 cm³/mol. The Balaban J connectivity index is 3.28. The molecule has 0 aliphatic rings. The first kappa shape index (κ1) is 9.56. The highest BCUT2D eigenvalue weighted by Gasteiger charge is 2.17. The summed E-state index contributed by atoms with van der Waals surface area (Å²) in [5, 5.41) is 8.98. The molecule has 0 aliphatic carbocycles. The van der Waals surface area contributed by atoms with Crippen molar-refractivity contribution < 1.29 is 18.3 Å². The number of hydrogen-bond acceptors (Lipinski definition) is 2. The Bertz CT molecular complexity index is 305. The lowest BCUT2D eigenvalue weighted by atomic mass is 10.2. The van der Waals surface area contributed by atoms with E-state index in [1.807, 2.05) is 0 Å². The summed E-state index contributed by atoms with van der Waals surface area (Å²) in [5.41, 5.74) is -0.730. The molecule has 0 fully saturated rings. The van der Waals surface area contributed by atoms with Gasteiger partial charge < -0.3 is 5.11 Å². The number of aromatic nitrogens is 1. The fourth-order valence-corrected chi connectivity index (χ4v) is 1.20. The molecule has 1 heterocycles. The van der Waals surface area contributed by atoms with Crippen LogP contribution in [0.3, 0.4) is 0 Å². The summed E-state index contributed by atoms with van der Waals surface area (Å²) in [7, 11) is 0. The molecular weight excluding hydrogens is 286 g/mol. The minimum atomic E-state index is -2.89. The van der Waals surface area contributed by atoms with Crippen molar-refractivity contribution >= 4 is 22.6 Å². The molecule has 0 bridgehead atoms. The fraction of sp³-hybridized carbons (Fsp3) is 0.167. The number of alkyl halides is 2. The molecule has 0 saturated carbocycles. The maximum atomic E-state index is 12.4. The molecule has 6 heteroatoms. The number of pyridine rings is 1. The van der Waals surface area contributed by atoms with E-state index in [4.69, 9.17) is 5.11 Å². The van der Waals surface area contributed by atoms with Crippen LogP contribution in [-0.2, 0) is 0 Å². The highest BCUT2D eigenvalue weighted by Crippen LogP contribution is 2.31.